The summed E-state index contributed by atoms with van der Waals surface area (Å²) in [6.45, 7) is 3.54. The largest absolute Gasteiger partial charge is 0.464 e. The van der Waals surface area contributed by atoms with Gasteiger partial charge in [-0.1, -0.05) is 23.7 Å². The topological polar surface area (TPSA) is 28.4 Å². The van der Waals surface area contributed by atoms with Gasteiger partial charge in [0.25, 0.3) is 0 Å². The number of furan rings is 1. The second kappa shape index (κ2) is 6.12. The van der Waals surface area contributed by atoms with Crippen molar-refractivity contribution in [2.24, 2.45) is 0 Å². The maximum Gasteiger partial charge on any atom is 0.123 e. The molecule has 0 unspecified atom stereocenters. The molecule has 1 aliphatic carbocycles. The van der Waals surface area contributed by atoms with Crippen molar-refractivity contribution in [3.05, 3.63) is 52.4 Å². The number of rotatable bonds is 6. The molecule has 1 aromatic carbocycles. The lowest BCUT2D eigenvalue weighted by Crippen LogP contribution is -2.21. The van der Waals surface area contributed by atoms with Crippen molar-refractivity contribution in [3.8, 4) is 0 Å². The van der Waals surface area contributed by atoms with Gasteiger partial charge in [0.2, 0.25) is 0 Å². The number of nitrogens with one attached hydrogen (secondary N) is 1. The Morgan fingerprint density at radius 2 is 2.10 bits per heavy atom. The smallest absolute Gasteiger partial charge is 0.123 e. The zero-order valence-corrected chi connectivity index (χ0v) is 13.3. The molecular weight excluding hydrogens is 284 g/mol. The highest BCUT2D eigenvalue weighted by Crippen LogP contribution is 2.31. The minimum atomic E-state index is 0.690. The van der Waals surface area contributed by atoms with Crippen LogP contribution in [0.15, 0.2) is 34.7 Å². The van der Waals surface area contributed by atoms with Crippen LogP contribution in [-0.2, 0) is 13.1 Å². The van der Waals surface area contributed by atoms with Crippen LogP contribution in [0.3, 0.4) is 0 Å². The second-order valence-corrected chi connectivity index (χ2v) is 6.18. The summed E-state index contributed by atoms with van der Waals surface area (Å²) < 4.78 is 5.66. The Labute approximate surface area is 130 Å². The Morgan fingerprint density at radius 3 is 2.76 bits per heavy atom. The first kappa shape index (κ1) is 14.5. The van der Waals surface area contributed by atoms with Gasteiger partial charge >= 0.3 is 0 Å². The molecule has 4 heteroatoms. The van der Waals surface area contributed by atoms with Gasteiger partial charge in [0.15, 0.2) is 0 Å². The van der Waals surface area contributed by atoms with Crippen LogP contribution >= 0.6 is 11.6 Å². The van der Waals surface area contributed by atoms with Gasteiger partial charge < -0.3 is 14.6 Å². The first-order valence-corrected chi connectivity index (χ1v) is 7.78. The van der Waals surface area contributed by atoms with Crippen LogP contribution in [0.2, 0.25) is 5.02 Å². The van der Waals surface area contributed by atoms with Crippen LogP contribution < -0.4 is 10.2 Å². The average Bonchev–Trinajstić information content (AvgIpc) is 3.19. The standard InChI is InChI=1S/C17H21ClN2O/c1-12-6-9-15(21-12)11-20(2)17-13(4-3-5-16(17)18)10-19-14-7-8-14/h3-6,9,14,19H,7-8,10-11H2,1-2H3. The minimum Gasteiger partial charge on any atom is -0.464 e. The van der Waals surface area contributed by atoms with Crippen LogP contribution in [0.5, 0.6) is 0 Å². The average molecular weight is 305 g/mol. The fourth-order valence-corrected chi connectivity index (χ4v) is 2.89. The summed E-state index contributed by atoms with van der Waals surface area (Å²) in [5.41, 5.74) is 2.32. The number of anilines is 1. The third-order valence-corrected chi connectivity index (χ3v) is 4.10. The van der Waals surface area contributed by atoms with Gasteiger partial charge in [-0.25, -0.2) is 0 Å². The molecule has 0 amide bonds. The lowest BCUT2D eigenvalue weighted by Gasteiger charge is -2.23. The number of nitrogens with zero attached hydrogens (tertiary/aromatic N) is 1. The molecule has 0 aliphatic heterocycles. The van der Waals surface area contributed by atoms with Gasteiger partial charge in [0, 0.05) is 19.6 Å². The molecule has 0 saturated heterocycles. The van der Waals surface area contributed by atoms with E-state index in [4.69, 9.17) is 16.0 Å². The normalized spacial score (nSPS) is 14.4. The van der Waals surface area contributed by atoms with Gasteiger partial charge in [-0.2, -0.15) is 0 Å². The highest BCUT2D eigenvalue weighted by Gasteiger charge is 2.21. The van der Waals surface area contributed by atoms with Crippen molar-refractivity contribution >= 4 is 17.3 Å². The molecule has 21 heavy (non-hydrogen) atoms. The molecule has 1 fully saturated rings. The van der Waals surface area contributed by atoms with Crippen LogP contribution in [-0.4, -0.2) is 13.1 Å². The molecule has 0 radical (unpaired) electrons. The summed E-state index contributed by atoms with van der Waals surface area (Å²) in [6.07, 6.45) is 2.58. The predicted molar refractivity (Wildman–Crippen MR) is 86.9 cm³/mol. The van der Waals surface area contributed by atoms with E-state index in [2.05, 4.69) is 23.3 Å². The molecule has 3 rings (SSSR count). The van der Waals surface area contributed by atoms with Gasteiger partial charge in [0.1, 0.15) is 11.5 Å². The van der Waals surface area contributed by atoms with E-state index in [1.165, 1.54) is 18.4 Å². The first-order chi connectivity index (χ1) is 10.1. The van der Waals surface area contributed by atoms with Crippen LogP contribution in [0.4, 0.5) is 5.69 Å². The van der Waals surface area contributed by atoms with E-state index in [-0.39, 0.29) is 0 Å². The second-order valence-electron chi connectivity index (χ2n) is 5.77. The fraction of sp³-hybridized carbons (Fsp3) is 0.412. The van der Waals surface area contributed by atoms with Gasteiger partial charge in [0.05, 0.1) is 17.3 Å². The summed E-state index contributed by atoms with van der Waals surface area (Å²) >= 11 is 6.43. The van der Waals surface area contributed by atoms with E-state index in [1.54, 1.807) is 0 Å². The minimum absolute atomic E-state index is 0.690. The number of hydrogen-bond acceptors (Lipinski definition) is 3. The van der Waals surface area contributed by atoms with Gasteiger partial charge in [-0.15, -0.1) is 0 Å². The van der Waals surface area contributed by atoms with Crippen LogP contribution in [0, 0.1) is 6.92 Å². The van der Waals surface area contributed by atoms with Crippen molar-refractivity contribution in [1.82, 2.24) is 5.32 Å². The molecule has 112 valence electrons. The zero-order chi connectivity index (χ0) is 14.8. The van der Waals surface area contributed by atoms with E-state index in [0.29, 0.717) is 12.6 Å². The molecule has 1 heterocycles. The summed E-state index contributed by atoms with van der Waals surface area (Å²) in [4.78, 5) is 2.16. The maximum atomic E-state index is 6.43. The van der Waals surface area contributed by atoms with Crippen molar-refractivity contribution in [2.45, 2.75) is 38.9 Å². The fourth-order valence-electron chi connectivity index (χ4n) is 2.55. The molecule has 3 nitrogen and oxygen atoms in total. The number of halogens is 1. The van der Waals surface area contributed by atoms with Gasteiger partial charge in [-0.05, 0) is 43.5 Å². The quantitative estimate of drug-likeness (QED) is 0.870. The number of benzene rings is 1. The van der Waals surface area contributed by atoms with Crippen LogP contribution in [0.1, 0.15) is 29.9 Å². The summed E-state index contributed by atoms with van der Waals surface area (Å²) in [5.74, 6) is 1.89. The zero-order valence-electron chi connectivity index (χ0n) is 12.5. The Morgan fingerprint density at radius 1 is 1.29 bits per heavy atom. The Kier molecular flexibility index (Phi) is 4.22. The molecule has 0 atom stereocenters. The summed E-state index contributed by atoms with van der Waals surface area (Å²) in [6, 6.07) is 10.8. The summed E-state index contributed by atoms with van der Waals surface area (Å²) in [7, 11) is 2.06. The van der Waals surface area contributed by atoms with E-state index < -0.39 is 0 Å². The Hall–Kier alpha value is -1.45. The van der Waals surface area contributed by atoms with Crippen LogP contribution in [0.25, 0.3) is 0 Å². The van der Waals surface area contributed by atoms with Gasteiger partial charge in [-0.3, -0.25) is 0 Å². The number of hydrogen-bond donors (Lipinski definition) is 1. The molecular formula is C17H21ClN2O. The lowest BCUT2D eigenvalue weighted by atomic mass is 10.1. The maximum absolute atomic E-state index is 6.43. The van der Waals surface area contributed by atoms with E-state index in [1.807, 2.05) is 31.2 Å². The molecule has 1 N–H and O–H groups in total. The predicted octanol–water partition coefficient (Wildman–Crippen LogP) is 4.13. The Balaban J connectivity index is 1.77. The third kappa shape index (κ3) is 3.60. The molecule has 0 spiro atoms. The highest BCUT2D eigenvalue weighted by atomic mass is 35.5. The van der Waals surface area contributed by atoms with E-state index in [0.717, 1.165) is 28.8 Å². The Bertz CT molecular complexity index is 619. The lowest BCUT2D eigenvalue weighted by molar-refractivity contribution is 0.481. The van der Waals surface area contributed by atoms with Crippen molar-refractivity contribution in [1.29, 1.82) is 0 Å². The number of para-hydroxylation sites is 1. The molecule has 1 saturated carbocycles. The molecule has 2 aromatic rings. The number of aryl methyl sites for hydroxylation is 1. The highest BCUT2D eigenvalue weighted by molar-refractivity contribution is 6.33. The van der Waals surface area contributed by atoms with Crippen molar-refractivity contribution < 1.29 is 4.42 Å². The van der Waals surface area contributed by atoms with Crippen molar-refractivity contribution in [2.75, 3.05) is 11.9 Å². The van der Waals surface area contributed by atoms with E-state index in [9.17, 15) is 0 Å². The first-order valence-electron chi connectivity index (χ1n) is 7.40. The molecule has 1 aliphatic rings. The third-order valence-electron chi connectivity index (χ3n) is 3.80. The monoisotopic (exact) mass is 304 g/mol. The molecule has 1 aromatic heterocycles. The molecule has 0 bridgehead atoms. The van der Waals surface area contributed by atoms with Crippen molar-refractivity contribution in [3.63, 3.8) is 0 Å². The summed E-state index contributed by atoms with van der Waals surface area (Å²) in [5, 5.41) is 4.34. The SMILES string of the molecule is Cc1ccc(CN(C)c2c(Cl)cccc2CNC2CC2)o1. The van der Waals surface area contributed by atoms with E-state index >= 15 is 0 Å².